The van der Waals surface area contributed by atoms with E-state index in [9.17, 15) is 5.11 Å². The highest BCUT2D eigenvalue weighted by atomic mass is 16.3. The molecule has 0 heterocycles. The largest absolute Gasteiger partial charge is 0.392 e. The third kappa shape index (κ3) is 0.824. The summed E-state index contributed by atoms with van der Waals surface area (Å²) in [5.41, 5.74) is 1.24. The van der Waals surface area contributed by atoms with Crippen LogP contribution in [0.5, 0.6) is 0 Å². The second-order valence-electron chi connectivity index (χ2n) is 4.61. The molecule has 0 aromatic rings. The second kappa shape index (κ2) is 2.33. The molecule has 2 N–H and O–H groups in total. The van der Waals surface area contributed by atoms with Crippen molar-refractivity contribution in [3.63, 3.8) is 0 Å². The van der Waals surface area contributed by atoms with Gasteiger partial charge in [0.1, 0.15) is 0 Å². The standard InChI is InChI=1S/C10H16O2/c1-10(2)7-4-8(10)9(12)3-6(7)5-11/h3,7-9,11-12H,4-5H2,1-2H3/t7-,8?,9?/m1/s1. The molecule has 3 aliphatic carbocycles. The Morgan fingerprint density at radius 2 is 2.25 bits per heavy atom. The summed E-state index contributed by atoms with van der Waals surface area (Å²) in [5.74, 6) is 0.925. The summed E-state index contributed by atoms with van der Waals surface area (Å²) in [6.07, 6.45) is 2.57. The van der Waals surface area contributed by atoms with Crippen molar-refractivity contribution in [3.05, 3.63) is 11.6 Å². The predicted octanol–water partition coefficient (Wildman–Crippen LogP) is 0.942. The van der Waals surface area contributed by atoms with E-state index in [-0.39, 0.29) is 18.1 Å². The zero-order chi connectivity index (χ0) is 8.93. The maximum atomic E-state index is 9.67. The van der Waals surface area contributed by atoms with Crippen LogP contribution in [0.4, 0.5) is 0 Å². The van der Waals surface area contributed by atoms with E-state index >= 15 is 0 Å². The van der Waals surface area contributed by atoms with E-state index < -0.39 is 0 Å². The number of hydrogen-bond acceptors (Lipinski definition) is 2. The lowest BCUT2D eigenvalue weighted by molar-refractivity contribution is -0.0802. The average molecular weight is 168 g/mol. The first-order valence-electron chi connectivity index (χ1n) is 4.57. The van der Waals surface area contributed by atoms with Gasteiger partial charge in [0.25, 0.3) is 0 Å². The molecule has 12 heavy (non-hydrogen) atoms. The van der Waals surface area contributed by atoms with Crippen molar-refractivity contribution >= 4 is 0 Å². The van der Waals surface area contributed by atoms with Crippen LogP contribution in [-0.2, 0) is 0 Å². The quantitative estimate of drug-likeness (QED) is 0.572. The van der Waals surface area contributed by atoms with Crippen LogP contribution < -0.4 is 0 Å². The molecule has 3 aliphatic rings. The Kier molecular flexibility index (Phi) is 1.61. The topological polar surface area (TPSA) is 40.5 Å². The van der Waals surface area contributed by atoms with Gasteiger partial charge < -0.3 is 10.2 Å². The molecule has 1 fully saturated rings. The van der Waals surface area contributed by atoms with Gasteiger partial charge in [0.15, 0.2) is 0 Å². The van der Waals surface area contributed by atoms with Gasteiger partial charge >= 0.3 is 0 Å². The van der Waals surface area contributed by atoms with E-state index in [1.165, 1.54) is 0 Å². The van der Waals surface area contributed by atoms with Gasteiger partial charge in [0.05, 0.1) is 12.7 Å². The Bertz CT molecular complexity index is 230. The van der Waals surface area contributed by atoms with Crippen molar-refractivity contribution in [3.8, 4) is 0 Å². The van der Waals surface area contributed by atoms with Crippen LogP contribution in [0.1, 0.15) is 20.3 Å². The molecule has 0 saturated heterocycles. The summed E-state index contributed by atoms with van der Waals surface area (Å²) in [4.78, 5) is 0. The summed E-state index contributed by atoms with van der Waals surface area (Å²) in [5, 5.41) is 18.7. The van der Waals surface area contributed by atoms with Crippen molar-refractivity contribution < 1.29 is 10.2 Å². The Balaban J connectivity index is 2.30. The van der Waals surface area contributed by atoms with Crippen molar-refractivity contribution in [1.29, 1.82) is 0 Å². The minimum absolute atomic E-state index is 0.109. The third-order valence-electron chi connectivity index (χ3n) is 3.77. The van der Waals surface area contributed by atoms with Crippen LogP contribution in [0.25, 0.3) is 0 Å². The fraction of sp³-hybridized carbons (Fsp3) is 0.800. The molecule has 2 nitrogen and oxygen atoms in total. The number of hydrogen-bond donors (Lipinski definition) is 2. The van der Waals surface area contributed by atoms with Crippen LogP contribution in [0.15, 0.2) is 11.6 Å². The van der Waals surface area contributed by atoms with Crippen LogP contribution in [0.2, 0.25) is 0 Å². The lowest BCUT2D eigenvalue weighted by Crippen LogP contribution is -2.54. The Morgan fingerprint density at radius 1 is 1.58 bits per heavy atom. The third-order valence-corrected chi connectivity index (χ3v) is 3.77. The monoisotopic (exact) mass is 168 g/mol. The zero-order valence-electron chi connectivity index (χ0n) is 7.62. The van der Waals surface area contributed by atoms with Gasteiger partial charge in [0.2, 0.25) is 0 Å². The molecule has 0 spiro atoms. The van der Waals surface area contributed by atoms with Crippen LogP contribution in [0, 0.1) is 17.3 Å². The highest BCUT2D eigenvalue weighted by molar-refractivity contribution is 5.26. The van der Waals surface area contributed by atoms with Gasteiger partial charge in [-0.25, -0.2) is 0 Å². The summed E-state index contributed by atoms with van der Waals surface area (Å²) >= 11 is 0. The van der Waals surface area contributed by atoms with E-state index in [1.54, 1.807) is 0 Å². The molecule has 2 bridgehead atoms. The Hall–Kier alpha value is -0.340. The highest BCUT2D eigenvalue weighted by Crippen LogP contribution is 2.58. The molecule has 2 heteroatoms. The SMILES string of the molecule is CC1(C)C2C[C@@H]1C(CO)=CC2O. The molecular formula is C10H16O2. The van der Waals surface area contributed by atoms with E-state index in [4.69, 9.17) is 5.11 Å². The molecular weight excluding hydrogens is 152 g/mol. The molecule has 0 aromatic heterocycles. The van der Waals surface area contributed by atoms with Crippen LogP contribution in [-0.4, -0.2) is 22.9 Å². The van der Waals surface area contributed by atoms with Crippen molar-refractivity contribution in [2.45, 2.75) is 26.4 Å². The molecule has 2 unspecified atom stereocenters. The van der Waals surface area contributed by atoms with Gasteiger partial charge in [0, 0.05) is 0 Å². The van der Waals surface area contributed by atoms with Crippen LogP contribution >= 0.6 is 0 Å². The lowest BCUT2D eigenvalue weighted by atomic mass is 9.48. The molecule has 3 rings (SSSR count). The van der Waals surface area contributed by atoms with Gasteiger partial charge in [-0.2, -0.15) is 0 Å². The average Bonchev–Trinajstić information content (AvgIpc) is 2.02. The Labute approximate surface area is 72.9 Å². The smallest absolute Gasteiger partial charge is 0.0758 e. The van der Waals surface area contributed by atoms with Gasteiger partial charge in [-0.1, -0.05) is 19.9 Å². The first-order chi connectivity index (χ1) is 5.57. The molecule has 1 saturated carbocycles. The fourth-order valence-electron chi connectivity index (χ4n) is 2.78. The minimum Gasteiger partial charge on any atom is -0.392 e. The van der Waals surface area contributed by atoms with E-state index in [1.807, 2.05) is 6.08 Å². The van der Waals surface area contributed by atoms with E-state index in [2.05, 4.69) is 13.8 Å². The van der Waals surface area contributed by atoms with Gasteiger partial charge in [-0.05, 0) is 29.2 Å². The first-order valence-corrected chi connectivity index (χ1v) is 4.57. The molecule has 0 aliphatic heterocycles. The summed E-state index contributed by atoms with van der Waals surface area (Å²) in [6.45, 7) is 4.47. The van der Waals surface area contributed by atoms with Crippen molar-refractivity contribution in [2.75, 3.05) is 6.61 Å². The molecule has 0 radical (unpaired) electrons. The van der Waals surface area contributed by atoms with Crippen molar-refractivity contribution in [1.82, 2.24) is 0 Å². The molecule has 0 aromatic carbocycles. The minimum atomic E-state index is -0.327. The zero-order valence-corrected chi connectivity index (χ0v) is 7.62. The van der Waals surface area contributed by atoms with E-state index in [0.29, 0.717) is 11.8 Å². The predicted molar refractivity (Wildman–Crippen MR) is 46.6 cm³/mol. The molecule has 68 valence electrons. The first kappa shape index (κ1) is 8.27. The number of rotatable bonds is 1. The number of aliphatic hydroxyl groups excluding tert-OH is 2. The number of aliphatic hydroxyl groups is 2. The highest BCUT2D eigenvalue weighted by Gasteiger charge is 2.54. The van der Waals surface area contributed by atoms with Crippen molar-refractivity contribution in [2.24, 2.45) is 17.3 Å². The van der Waals surface area contributed by atoms with E-state index in [0.717, 1.165) is 12.0 Å². The molecule has 3 atom stereocenters. The number of fused-ring (bicyclic) bond motifs is 1. The summed E-state index contributed by atoms with van der Waals surface area (Å²) < 4.78 is 0. The maximum Gasteiger partial charge on any atom is 0.0758 e. The fourth-order valence-corrected chi connectivity index (χ4v) is 2.78. The lowest BCUT2D eigenvalue weighted by Gasteiger charge is -2.57. The summed E-state index contributed by atoms with van der Waals surface area (Å²) in [6, 6.07) is 0. The second-order valence-corrected chi connectivity index (χ2v) is 4.61. The Morgan fingerprint density at radius 3 is 2.67 bits per heavy atom. The normalized spacial score (nSPS) is 43.3. The maximum absolute atomic E-state index is 9.67. The van der Waals surface area contributed by atoms with Gasteiger partial charge in [-0.15, -0.1) is 0 Å². The molecule has 0 amide bonds. The summed E-state index contributed by atoms with van der Waals surface area (Å²) in [7, 11) is 0. The van der Waals surface area contributed by atoms with Crippen LogP contribution in [0.3, 0.4) is 0 Å². The van der Waals surface area contributed by atoms with Gasteiger partial charge in [-0.3, -0.25) is 0 Å².